The van der Waals surface area contributed by atoms with Crippen LogP contribution in [-0.2, 0) is 22.7 Å². The molecule has 4 aromatic rings. The number of hydrogen-bond donors (Lipinski definition) is 3. The Labute approximate surface area is 413 Å². The van der Waals surface area contributed by atoms with Gasteiger partial charge in [-0.3, -0.25) is 24.1 Å². The molecule has 69 heavy (non-hydrogen) atoms. The van der Waals surface area contributed by atoms with Crippen molar-refractivity contribution in [1.29, 1.82) is 5.26 Å². The number of carbonyl (C=O) groups is 4. The quantitative estimate of drug-likeness (QED) is 0.121. The number of halogens is 2. The molecule has 17 heteroatoms. The zero-order valence-corrected chi connectivity index (χ0v) is 41.4. The maximum atomic E-state index is 14.2. The maximum Gasteiger partial charge on any atom is 0.255 e. The monoisotopic (exact) mass is 978 g/mol. The van der Waals surface area contributed by atoms with Crippen LogP contribution in [0.5, 0.6) is 11.5 Å². The second kappa shape index (κ2) is 20.2. The first-order valence-electron chi connectivity index (χ1n) is 23.5. The third-order valence-corrected chi connectivity index (χ3v) is 14.8. The number of fused-ring (bicyclic) bond motifs is 1. The molecule has 4 heterocycles. The van der Waals surface area contributed by atoms with Crippen molar-refractivity contribution in [2.45, 2.75) is 91.4 Å². The Morgan fingerprint density at radius 1 is 0.971 bits per heavy atom. The van der Waals surface area contributed by atoms with Crippen LogP contribution in [0.1, 0.15) is 85.4 Å². The first-order valence-corrected chi connectivity index (χ1v) is 24.3. The highest BCUT2D eigenvalue weighted by molar-refractivity contribution is 6.32. The van der Waals surface area contributed by atoms with Crippen molar-refractivity contribution in [3.8, 4) is 17.6 Å². The highest BCUT2D eigenvalue weighted by atomic mass is 35.5. The molecule has 364 valence electrons. The zero-order valence-electron chi connectivity index (χ0n) is 39.9. The van der Waals surface area contributed by atoms with E-state index in [4.69, 9.17) is 32.7 Å². The number of amides is 4. The van der Waals surface area contributed by atoms with Gasteiger partial charge in [0.25, 0.3) is 11.8 Å². The van der Waals surface area contributed by atoms with Gasteiger partial charge in [0.15, 0.2) is 0 Å². The predicted octanol–water partition coefficient (Wildman–Crippen LogP) is 6.33. The molecule has 0 spiro atoms. The van der Waals surface area contributed by atoms with E-state index in [1.807, 2.05) is 32.0 Å². The van der Waals surface area contributed by atoms with Crippen LogP contribution < -0.4 is 25.0 Å². The number of pyridine rings is 1. The number of hydrogen-bond acceptors (Lipinski definition) is 11. The van der Waals surface area contributed by atoms with Crippen molar-refractivity contribution >= 4 is 52.6 Å². The summed E-state index contributed by atoms with van der Waals surface area (Å²) in [6.45, 7) is 16.5. The molecule has 0 bridgehead atoms. The lowest BCUT2D eigenvalue weighted by molar-refractivity contribution is -0.164. The first kappa shape index (κ1) is 49.5. The first-order chi connectivity index (χ1) is 32.9. The number of ether oxygens (including phenoxy) is 2. The Bertz CT molecular complexity index is 2610. The molecule has 0 radical (unpaired) electrons. The minimum Gasteiger partial charge on any atom is -0.492 e. The fourth-order valence-electron chi connectivity index (χ4n) is 10.9. The molecule has 3 aliphatic heterocycles. The molecular formula is C52H60Cl2N8O7. The highest BCUT2D eigenvalue weighted by Crippen LogP contribution is 2.55. The number of aliphatic hydroxyl groups is 1. The zero-order chi connectivity index (χ0) is 49.4. The number of aliphatic hydroxyl groups excluding tert-OH is 1. The van der Waals surface area contributed by atoms with E-state index in [9.17, 15) is 29.5 Å². The second-order valence-electron chi connectivity index (χ2n) is 20.0. The number of nitrogens with one attached hydrogen (secondary N) is 2. The van der Waals surface area contributed by atoms with Crippen molar-refractivity contribution in [2.24, 2.45) is 16.7 Å². The standard InChI is InChI=1S/C52H60Cl2N8O7/c1-31(2)44(62-29-35-9-7-8-10-39(35)47(62)66)48(67)61-30-37(63)24-41(61)46(65)57-27-33-11-14-36(53)23-42(33)68-22-21-59-17-19-60(20-18-59)43-16-13-34(28-56-43)45(64)58-49-51(3,4)50(52(49,5)6)69-38-15-12-32(26-55)40(54)25-38/h7-16,23,25,28,31,37,41,44,49-50,63H,17-22,24,27,29-30H2,1-6H3,(H,57,65)(H,58,64)/t37-,41+,44+,49?,50?/m1/s1. The second-order valence-corrected chi connectivity index (χ2v) is 20.9. The molecule has 15 nitrogen and oxygen atoms in total. The Balaban J connectivity index is 0.797. The summed E-state index contributed by atoms with van der Waals surface area (Å²) in [6.07, 6.45) is 0.607. The van der Waals surface area contributed by atoms with Gasteiger partial charge in [0.05, 0.1) is 22.3 Å². The van der Waals surface area contributed by atoms with Gasteiger partial charge in [-0.2, -0.15) is 5.26 Å². The lowest BCUT2D eigenvalue weighted by atomic mass is 9.49. The van der Waals surface area contributed by atoms with Crippen LogP contribution in [0.2, 0.25) is 10.0 Å². The van der Waals surface area contributed by atoms with Crippen LogP contribution in [-0.4, -0.2) is 125 Å². The van der Waals surface area contributed by atoms with Gasteiger partial charge in [0.1, 0.15) is 48.2 Å². The van der Waals surface area contributed by atoms with E-state index in [-0.39, 0.29) is 55.3 Å². The lowest BCUT2D eigenvalue weighted by Gasteiger charge is -2.63. The summed E-state index contributed by atoms with van der Waals surface area (Å²) >= 11 is 12.7. The average Bonchev–Trinajstić information content (AvgIpc) is 3.88. The molecule has 2 saturated heterocycles. The van der Waals surface area contributed by atoms with Crippen molar-refractivity contribution in [1.82, 2.24) is 30.3 Å². The molecule has 4 amide bonds. The molecule has 8 rings (SSSR count). The van der Waals surface area contributed by atoms with Crippen LogP contribution in [0.15, 0.2) is 79.0 Å². The number of nitriles is 1. The van der Waals surface area contributed by atoms with Gasteiger partial charge in [-0.1, -0.05) is 89.0 Å². The van der Waals surface area contributed by atoms with Gasteiger partial charge >= 0.3 is 0 Å². The van der Waals surface area contributed by atoms with Crippen molar-refractivity contribution in [3.05, 3.63) is 117 Å². The number of benzene rings is 3. The number of piperazine rings is 1. The molecule has 3 fully saturated rings. The van der Waals surface area contributed by atoms with E-state index in [0.29, 0.717) is 63.5 Å². The fraction of sp³-hybridized carbons (Fsp3) is 0.462. The van der Waals surface area contributed by atoms with E-state index >= 15 is 0 Å². The van der Waals surface area contributed by atoms with Crippen LogP contribution in [0, 0.1) is 28.1 Å². The number of anilines is 1. The summed E-state index contributed by atoms with van der Waals surface area (Å²) in [4.78, 5) is 67.1. The van der Waals surface area contributed by atoms with E-state index < -0.39 is 34.9 Å². The van der Waals surface area contributed by atoms with Gasteiger partial charge in [0, 0.05) is 104 Å². The molecular weight excluding hydrogens is 920 g/mol. The molecule has 3 aromatic carbocycles. The summed E-state index contributed by atoms with van der Waals surface area (Å²) < 4.78 is 12.6. The van der Waals surface area contributed by atoms with Gasteiger partial charge in [-0.05, 0) is 53.9 Å². The van der Waals surface area contributed by atoms with Crippen LogP contribution >= 0.6 is 23.2 Å². The van der Waals surface area contributed by atoms with Crippen LogP contribution in [0.4, 0.5) is 5.82 Å². The summed E-state index contributed by atoms with van der Waals surface area (Å²) in [7, 11) is 0. The van der Waals surface area contributed by atoms with Crippen LogP contribution in [0.3, 0.4) is 0 Å². The summed E-state index contributed by atoms with van der Waals surface area (Å²) in [5.41, 5.74) is 2.20. The smallest absolute Gasteiger partial charge is 0.255 e. The number of likely N-dealkylation sites (tertiary alicyclic amines) is 1. The predicted molar refractivity (Wildman–Crippen MR) is 262 cm³/mol. The number of aromatic nitrogens is 1. The Kier molecular flexibility index (Phi) is 14.5. The SMILES string of the molecule is CC(C)[C@@H](C(=O)N1C[C@H](O)C[C@H]1C(=O)NCc1ccc(Cl)cc1OCCN1CCN(c2ccc(C(=O)NC3C(C)(C)C(Oc4ccc(C#N)c(Cl)c4)C3(C)C)cn2)CC1)N1Cc2ccccc2C1=O. The number of rotatable bonds is 15. The van der Waals surface area contributed by atoms with E-state index in [0.717, 1.165) is 37.6 Å². The summed E-state index contributed by atoms with van der Waals surface area (Å²) in [6, 6.07) is 21.5. The number of nitrogens with zero attached hydrogens (tertiary/aromatic N) is 6. The van der Waals surface area contributed by atoms with Gasteiger partial charge in [-0.25, -0.2) is 4.98 Å². The summed E-state index contributed by atoms with van der Waals surface area (Å²) in [5.74, 6) is 0.486. The van der Waals surface area contributed by atoms with Crippen LogP contribution in [0.25, 0.3) is 0 Å². The average molecular weight is 980 g/mol. The largest absolute Gasteiger partial charge is 0.492 e. The number of carbonyl (C=O) groups excluding carboxylic acids is 4. The van der Waals surface area contributed by atoms with Crippen molar-refractivity contribution in [3.63, 3.8) is 0 Å². The molecule has 1 aliphatic carbocycles. The van der Waals surface area contributed by atoms with E-state index in [1.165, 1.54) is 4.90 Å². The Hall–Kier alpha value is -5.92. The maximum absolute atomic E-state index is 14.2. The lowest BCUT2D eigenvalue weighted by Crippen LogP contribution is -2.74. The molecule has 1 saturated carbocycles. The highest BCUT2D eigenvalue weighted by Gasteiger charge is 2.64. The molecule has 3 N–H and O–H groups in total. The molecule has 0 unspecified atom stereocenters. The van der Waals surface area contributed by atoms with E-state index in [2.05, 4.69) is 59.2 Å². The fourth-order valence-corrected chi connectivity index (χ4v) is 11.2. The molecule has 3 atom stereocenters. The minimum atomic E-state index is -0.909. The topological polar surface area (TPSA) is 181 Å². The third kappa shape index (κ3) is 10.2. The van der Waals surface area contributed by atoms with Crippen molar-refractivity contribution < 1.29 is 33.8 Å². The Morgan fingerprint density at radius 2 is 1.71 bits per heavy atom. The van der Waals surface area contributed by atoms with E-state index in [1.54, 1.807) is 65.7 Å². The van der Waals surface area contributed by atoms with Gasteiger partial charge < -0.3 is 39.9 Å². The number of β-amino-alcohol motifs (C(OH)–C–C–N with tert-alkyl or cyclic N) is 1. The molecule has 4 aliphatic rings. The Morgan fingerprint density at radius 3 is 2.38 bits per heavy atom. The van der Waals surface area contributed by atoms with Crippen molar-refractivity contribution in [2.75, 3.05) is 50.8 Å². The minimum absolute atomic E-state index is 0.00257. The molecule has 1 aromatic heterocycles. The normalized spacial score (nSPS) is 22.1. The van der Waals surface area contributed by atoms with Gasteiger partial charge in [-0.15, -0.1) is 0 Å². The third-order valence-electron chi connectivity index (χ3n) is 14.2. The van der Waals surface area contributed by atoms with Gasteiger partial charge in [0.2, 0.25) is 11.8 Å². The summed E-state index contributed by atoms with van der Waals surface area (Å²) in [5, 5.41) is 27.0.